The highest BCUT2D eigenvalue weighted by Gasteiger charge is 2.26. The number of nitrogens with one attached hydrogen (secondary N) is 1. The lowest BCUT2D eigenvalue weighted by Crippen LogP contribution is -2.33. The number of carbonyl (C=O) groups excluding carboxylic acids is 1. The number of benzene rings is 1. The second kappa shape index (κ2) is 7.67. The van der Waals surface area contributed by atoms with Crippen LogP contribution in [0, 0.1) is 0 Å². The van der Waals surface area contributed by atoms with Crippen LogP contribution in [0.5, 0.6) is 0 Å². The first-order chi connectivity index (χ1) is 14.0. The molecule has 4 rings (SSSR count). The number of fused-ring (bicyclic) bond motifs is 1. The van der Waals surface area contributed by atoms with Crippen molar-refractivity contribution in [2.75, 3.05) is 11.9 Å². The minimum Gasteiger partial charge on any atom is -0.365 e. The fourth-order valence-corrected chi connectivity index (χ4v) is 3.22. The third kappa shape index (κ3) is 3.78. The van der Waals surface area contributed by atoms with E-state index in [1.165, 1.54) is 19.2 Å². The number of nitrogens with zero attached hydrogens (tertiary/aromatic N) is 3. The molecule has 0 atom stereocenters. The van der Waals surface area contributed by atoms with Gasteiger partial charge in [0.1, 0.15) is 17.5 Å². The van der Waals surface area contributed by atoms with Crippen molar-refractivity contribution in [1.82, 2.24) is 9.88 Å². The van der Waals surface area contributed by atoms with E-state index in [4.69, 9.17) is 4.99 Å². The molecule has 6 heteroatoms. The van der Waals surface area contributed by atoms with Gasteiger partial charge in [-0.05, 0) is 31.2 Å². The van der Waals surface area contributed by atoms with E-state index < -0.39 is 5.83 Å². The van der Waals surface area contributed by atoms with Gasteiger partial charge in [0, 0.05) is 35.8 Å². The Balaban J connectivity index is 1.66. The molecule has 1 aromatic heterocycles. The molecule has 2 aliphatic heterocycles. The molecule has 0 saturated carbocycles. The molecule has 0 spiro atoms. The van der Waals surface area contributed by atoms with Gasteiger partial charge in [-0.2, -0.15) is 0 Å². The van der Waals surface area contributed by atoms with Crippen LogP contribution in [0.3, 0.4) is 0 Å². The lowest BCUT2D eigenvalue weighted by molar-refractivity contribution is 0.101. The number of aliphatic imine (C=N–C) groups is 1. The first-order valence-electron chi connectivity index (χ1n) is 9.15. The Morgan fingerprint density at radius 1 is 1.17 bits per heavy atom. The molecule has 0 amide bonds. The second-order valence-electron chi connectivity index (χ2n) is 6.69. The third-order valence-corrected chi connectivity index (χ3v) is 4.62. The van der Waals surface area contributed by atoms with Gasteiger partial charge in [0.25, 0.3) is 0 Å². The number of pyridine rings is 1. The molecule has 1 aromatic carbocycles. The fourth-order valence-electron chi connectivity index (χ4n) is 3.22. The van der Waals surface area contributed by atoms with Crippen molar-refractivity contribution in [2.24, 2.45) is 4.99 Å². The Bertz CT molecular complexity index is 1110. The number of hydrogen-bond acceptors (Lipinski definition) is 5. The van der Waals surface area contributed by atoms with Crippen LogP contribution in [0.4, 0.5) is 10.2 Å². The van der Waals surface area contributed by atoms with Gasteiger partial charge in [-0.1, -0.05) is 36.9 Å². The first-order valence-corrected chi connectivity index (χ1v) is 9.15. The first kappa shape index (κ1) is 18.6. The average Bonchev–Trinajstić information content (AvgIpc) is 2.73. The average molecular weight is 386 g/mol. The fraction of sp³-hybridized carbons (Fsp3) is 0.0870. The number of aromatic nitrogens is 1. The van der Waals surface area contributed by atoms with Crippen molar-refractivity contribution < 1.29 is 9.18 Å². The van der Waals surface area contributed by atoms with E-state index in [1.807, 2.05) is 36.4 Å². The van der Waals surface area contributed by atoms with Crippen LogP contribution in [0.1, 0.15) is 22.8 Å². The predicted octanol–water partition coefficient (Wildman–Crippen LogP) is 4.72. The van der Waals surface area contributed by atoms with Gasteiger partial charge in [-0.3, -0.25) is 9.69 Å². The third-order valence-electron chi connectivity index (χ3n) is 4.62. The van der Waals surface area contributed by atoms with Crippen LogP contribution in [0.2, 0.25) is 0 Å². The molecular formula is C23H19FN4O. The van der Waals surface area contributed by atoms with E-state index in [-0.39, 0.29) is 12.3 Å². The summed E-state index contributed by atoms with van der Waals surface area (Å²) >= 11 is 0. The number of halogens is 1. The van der Waals surface area contributed by atoms with Crippen molar-refractivity contribution in [3.63, 3.8) is 0 Å². The predicted molar refractivity (Wildman–Crippen MR) is 113 cm³/mol. The minimum atomic E-state index is -0.397. The molecule has 1 N–H and O–H groups in total. The summed E-state index contributed by atoms with van der Waals surface area (Å²) in [5.74, 6) is 0.553. The lowest BCUT2D eigenvalue weighted by Gasteiger charge is -2.31. The van der Waals surface area contributed by atoms with Gasteiger partial charge in [0.05, 0.1) is 11.3 Å². The molecule has 5 nitrogen and oxygen atoms in total. The van der Waals surface area contributed by atoms with Gasteiger partial charge in [-0.25, -0.2) is 14.4 Å². The number of carbonyl (C=O) groups is 1. The summed E-state index contributed by atoms with van der Waals surface area (Å²) in [5, 5.41) is 3.14. The summed E-state index contributed by atoms with van der Waals surface area (Å²) in [5.41, 5.74) is 3.44. The maximum atomic E-state index is 14.3. The molecule has 0 aliphatic carbocycles. The van der Waals surface area contributed by atoms with Crippen LogP contribution in [0.25, 0.3) is 5.70 Å². The maximum Gasteiger partial charge on any atom is 0.163 e. The SMILES string of the molecule is C=C1C=C(c2ccccc2)N=C2C(CNc3ncccc3C(C)=O)=CC(F)=CN12. The number of rotatable bonds is 5. The van der Waals surface area contributed by atoms with Crippen molar-refractivity contribution in [1.29, 1.82) is 0 Å². The van der Waals surface area contributed by atoms with Crippen molar-refractivity contribution in [3.8, 4) is 0 Å². The van der Waals surface area contributed by atoms with E-state index >= 15 is 0 Å². The summed E-state index contributed by atoms with van der Waals surface area (Å²) in [6, 6.07) is 13.2. The van der Waals surface area contributed by atoms with Gasteiger partial charge >= 0.3 is 0 Å². The van der Waals surface area contributed by atoms with E-state index in [1.54, 1.807) is 23.2 Å². The Kier molecular flexibility index (Phi) is 4.91. The zero-order valence-corrected chi connectivity index (χ0v) is 15.9. The Morgan fingerprint density at radius 2 is 1.97 bits per heavy atom. The molecule has 0 saturated heterocycles. The van der Waals surface area contributed by atoms with Gasteiger partial charge in [0.15, 0.2) is 5.78 Å². The Hall–Kier alpha value is -3.80. The molecule has 2 aromatic rings. The van der Waals surface area contributed by atoms with Crippen LogP contribution in [-0.2, 0) is 0 Å². The summed E-state index contributed by atoms with van der Waals surface area (Å²) in [6.07, 6.45) is 6.23. The number of amidine groups is 1. The molecule has 0 radical (unpaired) electrons. The summed E-state index contributed by atoms with van der Waals surface area (Å²) in [7, 11) is 0. The molecule has 0 fully saturated rings. The van der Waals surface area contributed by atoms with E-state index in [0.717, 1.165) is 11.3 Å². The van der Waals surface area contributed by atoms with Crippen LogP contribution < -0.4 is 5.32 Å². The molecule has 2 aliphatic rings. The van der Waals surface area contributed by atoms with E-state index in [9.17, 15) is 9.18 Å². The zero-order chi connectivity index (χ0) is 20.4. The summed E-state index contributed by atoms with van der Waals surface area (Å²) in [4.78, 5) is 22.4. The van der Waals surface area contributed by atoms with Gasteiger partial charge in [-0.15, -0.1) is 0 Å². The molecule has 0 bridgehead atoms. The highest BCUT2D eigenvalue weighted by molar-refractivity contribution is 6.07. The number of allylic oxidation sites excluding steroid dienone is 3. The number of anilines is 1. The maximum absolute atomic E-state index is 14.3. The molecule has 3 heterocycles. The molecular weight excluding hydrogens is 367 g/mol. The highest BCUT2D eigenvalue weighted by atomic mass is 19.1. The minimum absolute atomic E-state index is 0.0939. The normalized spacial score (nSPS) is 15.7. The standard InChI is InChI=1S/C23H19FN4O/c1-15-11-21(17-7-4-3-5-8-17)27-23-18(12-19(24)14-28(15)23)13-26-22-20(16(2)29)9-6-10-25-22/h3-12,14H,1,13H2,2H3,(H,25,26). The van der Waals surface area contributed by atoms with Gasteiger partial charge in [0.2, 0.25) is 0 Å². The van der Waals surface area contributed by atoms with Crippen LogP contribution >= 0.6 is 0 Å². The van der Waals surface area contributed by atoms with E-state index in [2.05, 4.69) is 16.9 Å². The molecule has 144 valence electrons. The topological polar surface area (TPSA) is 57.6 Å². The molecule has 0 unspecified atom stereocenters. The van der Waals surface area contributed by atoms with Crippen molar-refractivity contribution in [3.05, 3.63) is 102 Å². The van der Waals surface area contributed by atoms with E-state index in [0.29, 0.717) is 28.5 Å². The quantitative estimate of drug-likeness (QED) is 0.756. The Labute approximate surface area is 168 Å². The monoisotopic (exact) mass is 386 g/mol. The number of hydrogen-bond donors (Lipinski definition) is 1. The number of Topliss-reactive ketones (excluding diaryl/α,β-unsaturated/α-hetero) is 1. The number of ketones is 1. The Morgan fingerprint density at radius 3 is 2.72 bits per heavy atom. The van der Waals surface area contributed by atoms with Crippen molar-refractivity contribution >= 4 is 23.1 Å². The second-order valence-corrected chi connectivity index (χ2v) is 6.69. The smallest absolute Gasteiger partial charge is 0.163 e. The van der Waals surface area contributed by atoms with Crippen LogP contribution in [-0.4, -0.2) is 28.0 Å². The summed E-state index contributed by atoms with van der Waals surface area (Å²) < 4.78 is 14.3. The van der Waals surface area contributed by atoms with Crippen LogP contribution in [0.15, 0.2) is 95.7 Å². The van der Waals surface area contributed by atoms with Gasteiger partial charge < -0.3 is 5.32 Å². The van der Waals surface area contributed by atoms with Crippen molar-refractivity contribution in [2.45, 2.75) is 6.92 Å². The lowest BCUT2D eigenvalue weighted by atomic mass is 10.1. The zero-order valence-electron chi connectivity index (χ0n) is 15.9. The molecule has 29 heavy (non-hydrogen) atoms. The summed E-state index contributed by atoms with van der Waals surface area (Å²) in [6.45, 7) is 5.79. The highest BCUT2D eigenvalue weighted by Crippen LogP contribution is 2.30. The largest absolute Gasteiger partial charge is 0.365 e.